The number of carboxylic acid groups (broad SMARTS) is 1. The van der Waals surface area contributed by atoms with Gasteiger partial charge in [-0.25, -0.2) is 4.98 Å². The average molecular weight is 217 g/mol. The number of benzene rings is 1. The molecule has 1 heterocycles. The van der Waals surface area contributed by atoms with Gasteiger partial charge in [-0.15, -0.1) is 0 Å². The van der Waals surface area contributed by atoms with E-state index < -0.39 is 5.97 Å². The van der Waals surface area contributed by atoms with Crippen LogP contribution in [0.4, 0.5) is 0 Å². The van der Waals surface area contributed by atoms with Crippen molar-refractivity contribution in [3.8, 4) is 0 Å². The first-order valence-electron chi connectivity index (χ1n) is 5.26. The van der Waals surface area contributed by atoms with Gasteiger partial charge in [0.2, 0.25) is 0 Å². The van der Waals surface area contributed by atoms with E-state index in [1.807, 2.05) is 18.2 Å². The summed E-state index contributed by atoms with van der Waals surface area (Å²) in [6.07, 6.45) is 3.43. The number of rotatable bonds is 3. The van der Waals surface area contributed by atoms with Crippen molar-refractivity contribution < 1.29 is 14.3 Å². The SMILES string of the molecule is O=C(O)CC1(c2cccc3ocnc23)CC1. The van der Waals surface area contributed by atoms with Crippen LogP contribution < -0.4 is 0 Å². The minimum atomic E-state index is -0.752. The number of aromatic nitrogens is 1. The molecule has 4 nitrogen and oxygen atoms in total. The van der Waals surface area contributed by atoms with Crippen molar-refractivity contribution in [2.24, 2.45) is 0 Å². The lowest BCUT2D eigenvalue weighted by atomic mass is 9.91. The lowest BCUT2D eigenvalue weighted by molar-refractivity contribution is -0.137. The van der Waals surface area contributed by atoms with E-state index in [-0.39, 0.29) is 11.8 Å². The van der Waals surface area contributed by atoms with Crippen LogP contribution in [0.2, 0.25) is 0 Å². The quantitative estimate of drug-likeness (QED) is 0.857. The summed E-state index contributed by atoms with van der Waals surface area (Å²) < 4.78 is 5.23. The molecule has 16 heavy (non-hydrogen) atoms. The predicted molar refractivity (Wildman–Crippen MR) is 57.2 cm³/mol. The van der Waals surface area contributed by atoms with Crippen molar-refractivity contribution in [1.29, 1.82) is 0 Å². The average Bonchev–Trinajstić information content (AvgIpc) is 2.85. The second-order valence-corrected chi connectivity index (χ2v) is 4.36. The molecule has 0 spiro atoms. The number of para-hydroxylation sites is 1. The van der Waals surface area contributed by atoms with Crippen molar-refractivity contribution in [1.82, 2.24) is 4.98 Å². The molecule has 0 atom stereocenters. The molecule has 1 aliphatic carbocycles. The topological polar surface area (TPSA) is 63.3 Å². The zero-order valence-electron chi connectivity index (χ0n) is 8.64. The smallest absolute Gasteiger partial charge is 0.304 e. The van der Waals surface area contributed by atoms with E-state index in [0.29, 0.717) is 0 Å². The highest BCUT2D eigenvalue weighted by molar-refractivity contribution is 5.80. The molecular formula is C12H11NO3. The molecule has 1 aliphatic rings. The molecule has 0 bridgehead atoms. The normalized spacial score (nSPS) is 17.5. The molecule has 3 rings (SSSR count). The van der Waals surface area contributed by atoms with Crippen LogP contribution in [0.25, 0.3) is 11.1 Å². The van der Waals surface area contributed by atoms with Crippen LogP contribution in [0.1, 0.15) is 24.8 Å². The van der Waals surface area contributed by atoms with E-state index in [4.69, 9.17) is 9.52 Å². The van der Waals surface area contributed by atoms with Crippen molar-refractivity contribution in [3.63, 3.8) is 0 Å². The summed E-state index contributed by atoms with van der Waals surface area (Å²) in [6, 6.07) is 5.70. The lowest BCUT2D eigenvalue weighted by Gasteiger charge is -2.12. The van der Waals surface area contributed by atoms with Crippen LogP contribution in [0, 0.1) is 0 Å². The molecule has 1 aromatic heterocycles. The number of hydrogen-bond donors (Lipinski definition) is 1. The van der Waals surface area contributed by atoms with Gasteiger partial charge in [-0.05, 0) is 24.5 Å². The number of carboxylic acids is 1. The minimum Gasteiger partial charge on any atom is -0.481 e. The number of nitrogens with zero attached hydrogens (tertiary/aromatic N) is 1. The first kappa shape index (κ1) is 9.39. The Hall–Kier alpha value is -1.84. The van der Waals surface area contributed by atoms with E-state index in [1.54, 1.807) is 0 Å². The summed E-state index contributed by atoms with van der Waals surface area (Å²) >= 11 is 0. The third-order valence-electron chi connectivity index (χ3n) is 3.27. The Kier molecular flexibility index (Phi) is 1.80. The summed E-state index contributed by atoms with van der Waals surface area (Å²) in [5.41, 5.74) is 2.35. The number of oxazole rings is 1. The second-order valence-electron chi connectivity index (χ2n) is 4.36. The van der Waals surface area contributed by atoms with Crippen LogP contribution in [0.3, 0.4) is 0 Å². The summed E-state index contributed by atoms with van der Waals surface area (Å²) in [5, 5.41) is 8.93. The van der Waals surface area contributed by atoms with Gasteiger partial charge >= 0.3 is 5.97 Å². The molecule has 1 saturated carbocycles. The zero-order valence-corrected chi connectivity index (χ0v) is 8.64. The van der Waals surface area contributed by atoms with E-state index in [1.165, 1.54) is 6.39 Å². The van der Waals surface area contributed by atoms with Gasteiger partial charge in [-0.2, -0.15) is 0 Å². The lowest BCUT2D eigenvalue weighted by Crippen LogP contribution is -2.13. The Morgan fingerprint density at radius 2 is 2.31 bits per heavy atom. The van der Waals surface area contributed by atoms with Gasteiger partial charge in [0.25, 0.3) is 0 Å². The highest BCUT2D eigenvalue weighted by Gasteiger charge is 2.47. The molecule has 82 valence electrons. The fraction of sp³-hybridized carbons (Fsp3) is 0.333. The van der Waals surface area contributed by atoms with Crippen LogP contribution >= 0.6 is 0 Å². The zero-order chi connectivity index (χ0) is 11.2. The predicted octanol–water partition coefficient (Wildman–Crippen LogP) is 2.33. The molecule has 1 N–H and O–H groups in total. The fourth-order valence-corrected chi connectivity index (χ4v) is 2.30. The molecule has 0 radical (unpaired) electrons. The molecule has 1 aromatic carbocycles. The molecule has 0 amide bonds. The Bertz CT molecular complexity index is 554. The Labute approximate surface area is 91.9 Å². The van der Waals surface area contributed by atoms with Crippen molar-refractivity contribution in [2.45, 2.75) is 24.7 Å². The van der Waals surface area contributed by atoms with Crippen LogP contribution in [-0.4, -0.2) is 16.1 Å². The summed E-state index contributed by atoms with van der Waals surface area (Å²) in [6.45, 7) is 0. The maximum Gasteiger partial charge on any atom is 0.304 e. The highest BCUT2D eigenvalue weighted by atomic mass is 16.4. The van der Waals surface area contributed by atoms with Gasteiger partial charge in [0.15, 0.2) is 12.0 Å². The van der Waals surface area contributed by atoms with Crippen LogP contribution in [-0.2, 0) is 10.2 Å². The van der Waals surface area contributed by atoms with E-state index >= 15 is 0 Å². The Morgan fingerprint density at radius 1 is 1.50 bits per heavy atom. The summed E-state index contributed by atoms with van der Waals surface area (Å²) in [7, 11) is 0. The first-order chi connectivity index (χ1) is 7.71. The van der Waals surface area contributed by atoms with Crippen LogP contribution in [0.15, 0.2) is 29.0 Å². The van der Waals surface area contributed by atoms with Gasteiger partial charge in [-0.1, -0.05) is 12.1 Å². The largest absolute Gasteiger partial charge is 0.481 e. The highest BCUT2D eigenvalue weighted by Crippen LogP contribution is 2.52. The number of aliphatic carboxylic acids is 1. The molecule has 2 aromatic rings. The van der Waals surface area contributed by atoms with Crippen molar-refractivity contribution in [3.05, 3.63) is 30.2 Å². The van der Waals surface area contributed by atoms with E-state index in [0.717, 1.165) is 29.5 Å². The standard InChI is InChI=1S/C12H11NO3/c14-10(15)6-12(4-5-12)8-2-1-3-9-11(8)13-7-16-9/h1-3,7H,4-6H2,(H,14,15). The maximum atomic E-state index is 10.9. The summed E-state index contributed by atoms with van der Waals surface area (Å²) in [5.74, 6) is -0.752. The third-order valence-corrected chi connectivity index (χ3v) is 3.27. The summed E-state index contributed by atoms with van der Waals surface area (Å²) in [4.78, 5) is 15.0. The van der Waals surface area contributed by atoms with E-state index in [9.17, 15) is 4.79 Å². The number of fused-ring (bicyclic) bond motifs is 1. The maximum absolute atomic E-state index is 10.9. The van der Waals surface area contributed by atoms with E-state index in [2.05, 4.69) is 4.98 Å². The van der Waals surface area contributed by atoms with Gasteiger partial charge in [0, 0.05) is 5.41 Å². The number of hydrogen-bond acceptors (Lipinski definition) is 3. The van der Waals surface area contributed by atoms with Crippen molar-refractivity contribution in [2.75, 3.05) is 0 Å². The molecule has 0 saturated heterocycles. The van der Waals surface area contributed by atoms with Gasteiger partial charge in [-0.3, -0.25) is 4.79 Å². The third kappa shape index (κ3) is 1.30. The molecule has 4 heteroatoms. The second kappa shape index (κ2) is 3.07. The van der Waals surface area contributed by atoms with Crippen LogP contribution in [0.5, 0.6) is 0 Å². The van der Waals surface area contributed by atoms with Gasteiger partial charge in [0.1, 0.15) is 5.52 Å². The monoisotopic (exact) mass is 217 g/mol. The molecule has 0 unspecified atom stereocenters. The van der Waals surface area contributed by atoms with Crippen molar-refractivity contribution >= 4 is 17.1 Å². The molecule has 1 fully saturated rings. The van der Waals surface area contributed by atoms with Gasteiger partial charge in [0.05, 0.1) is 6.42 Å². The number of carbonyl (C=O) groups is 1. The Balaban J connectivity index is 2.12. The Morgan fingerprint density at radius 3 is 3.00 bits per heavy atom. The molecular weight excluding hydrogens is 206 g/mol. The minimum absolute atomic E-state index is 0.180. The fourth-order valence-electron chi connectivity index (χ4n) is 2.30. The van der Waals surface area contributed by atoms with Gasteiger partial charge < -0.3 is 9.52 Å². The first-order valence-corrected chi connectivity index (χ1v) is 5.26. The molecule has 0 aliphatic heterocycles.